The van der Waals surface area contributed by atoms with Gasteiger partial charge in [-0.05, 0) is 19.1 Å². The second-order valence-electron chi connectivity index (χ2n) is 4.77. The van der Waals surface area contributed by atoms with Gasteiger partial charge in [-0.1, -0.05) is 48.7 Å². The number of nitrogens with one attached hydrogen (secondary N) is 2. The van der Waals surface area contributed by atoms with Crippen molar-refractivity contribution in [3.63, 3.8) is 0 Å². The van der Waals surface area contributed by atoms with Crippen molar-refractivity contribution in [2.75, 3.05) is 11.3 Å². The lowest BCUT2D eigenvalue weighted by Crippen LogP contribution is -2.37. The van der Waals surface area contributed by atoms with E-state index in [0.29, 0.717) is 6.54 Å². The highest BCUT2D eigenvalue weighted by atomic mass is 35.5. The van der Waals surface area contributed by atoms with Gasteiger partial charge in [-0.25, -0.2) is 8.42 Å². The van der Waals surface area contributed by atoms with Crippen LogP contribution in [0.4, 0.5) is 5.69 Å². The molecule has 0 aliphatic heterocycles. The van der Waals surface area contributed by atoms with Crippen LogP contribution in [0.5, 0.6) is 0 Å². The van der Waals surface area contributed by atoms with Crippen molar-refractivity contribution >= 4 is 50.5 Å². The molecule has 0 spiro atoms. The Bertz CT molecular complexity index is 576. The van der Waals surface area contributed by atoms with E-state index < -0.39 is 15.3 Å². The number of hydrogen-bond donors (Lipinski definition) is 2. The molecular formula is C12H17Cl3N2O2S. The quantitative estimate of drug-likeness (QED) is 0.760. The average molecular weight is 360 g/mol. The van der Waals surface area contributed by atoms with Gasteiger partial charge in [0.2, 0.25) is 10.0 Å². The maximum Gasteiger partial charge on any atom is 0.236 e. The van der Waals surface area contributed by atoms with Crippen molar-refractivity contribution in [2.24, 2.45) is 0 Å². The number of hydrogen-bond acceptors (Lipinski definition) is 3. The Morgan fingerprint density at radius 1 is 1.05 bits per heavy atom. The first-order valence-electron chi connectivity index (χ1n) is 6.03. The van der Waals surface area contributed by atoms with Gasteiger partial charge in [-0.2, -0.15) is 0 Å². The van der Waals surface area contributed by atoms with Crippen molar-refractivity contribution < 1.29 is 8.42 Å². The Morgan fingerprint density at radius 3 is 2.15 bits per heavy atom. The third kappa shape index (κ3) is 4.97. The number of benzene rings is 1. The molecule has 8 heteroatoms. The predicted molar refractivity (Wildman–Crippen MR) is 86.6 cm³/mol. The third-order valence-electron chi connectivity index (χ3n) is 2.61. The van der Waals surface area contributed by atoms with Crippen LogP contribution in [0, 0.1) is 0 Å². The summed E-state index contributed by atoms with van der Waals surface area (Å²) in [7, 11) is -3.56. The molecule has 0 amide bonds. The molecule has 1 atom stereocenters. The van der Waals surface area contributed by atoms with Crippen LogP contribution in [0.1, 0.15) is 20.8 Å². The summed E-state index contributed by atoms with van der Waals surface area (Å²) in [6.45, 7) is 5.85. The number of sulfonamides is 1. The summed E-state index contributed by atoms with van der Waals surface area (Å²) >= 11 is 17.6. The van der Waals surface area contributed by atoms with Crippen LogP contribution >= 0.6 is 34.8 Å². The van der Waals surface area contributed by atoms with E-state index >= 15 is 0 Å². The van der Waals surface area contributed by atoms with Crippen LogP contribution in [0.2, 0.25) is 15.1 Å². The van der Waals surface area contributed by atoms with Crippen molar-refractivity contribution in [1.82, 2.24) is 5.32 Å². The number of rotatable bonds is 6. The molecule has 114 valence electrons. The monoisotopic (exact) mass is 358 g/mol. The largest absolute Gasteiger partial charge is 0.313 e. The van der Waals surface area contributed by atoms with Crippen LogP contribution in [-0.2, 0) is 10.0 Å². The smallest absolute Gasteiger partial charge is 0.236 e. The average Bonchev–Trinajstić information content (AvgIpc) is 2.32. The Hall–Kier alpha value is -0.200. The molecule has 0 saturated carbocycles. The van der Waals surface area contributed by atoms with Crippen molar-refractivity contribution in [2.45, 2.75) is 32.1 Å². The van der Waals surface area contributed by atoms with Gasteiger partial charge >= 0.3 is 0 Å². The van der Waals surface area contributed by atoms with E-state index in [9.17, 15) is 8.42 Å². The molecule has 0 aliphatic rings. The zero-order chi connectivity index (χ0) is 15.5. The van der Waals surface area contributed by atoms with Gasteiger partial charge < -0.3 is 5.32 Å². The topological polar surface area (TPSA) is 58.2 Å². The summed E-state index contributed by atoms with van der Waals surface area (Å²) in [5.41, 5.74) is 0.220. The van der Waals surface area contributed by atoms with E-state index in [1.54, 1.807) is 6.92 Å². The van der Waals surface area contributed by atoms with Crippen molar-refractivity contribution in [1.29, 1.82) is 0 Å². The Balaban J connectivity index is 2.88. The molecule has 4 nitrogen and oxygen atoms in total. The fourth-order valence-corrected chi connectivity index (χ4v) is 3.01. The van der Waals surface area contributed by atoms with Gasteiger partial charge in [0, 0.05) is 12.6 Å². The number of anilines is 1. The molecule has 0 saturated heterocycles. The molecule has 1 aromatic rings. The minimum atomic E-state index is -3.56. The normalized spacial score (nSPS) is 13.6. The molecule has 1 rings (SSSR count). The van der Waals surface area contributed by atoms with Gasteiger partial charge in [-0.3, -0.25) is 4.72 Å². The fourth-order valence-electron chi connectivity index (χ4n) is 1.37. The van der Waals surface area contributed by atoms with E-state index in [2.05, 4.69) is 10.0 Å². The summed E-state index contributed by atoms with van der Waals surface area (Å²) in [6, 6.07) is 3.01. The molecule has 0 radical (unpaired) electrons. The maximum absolute atomic E-state index is 12.2. The molecule has 0 aliphatic carbocycles. The maximum atomic E-state index is 12.2. The molecule has 0 bridgehead atoms. The molecule has 2 N–H and O–H groups in total. The van der Waals surface area contributed by atoms with Crippen LogP contribution in [-0.4, -0.2) is 26.3 Å². The van der Waals surface area contributed by atoms with E-state index in [1.165, 1.54) is 12.1 Å². The van der Waals surface area contributed by atoms with Crippen molar-refractivity contribution in [3.05, 3.63) is 27.2 Å². The van der Waals surface area contributed by atoms with Gasteiger partial charge in [0.05, 0.1) is 26.0 Å². The Labute approximate surface area is 134 Å². The van der Waals surface area contributed by atoms with Crippen LogP contribution in [0.25, 0.3) is 0 Å². The molecule has 1 aromatic carbocycles. The molecule has 0 fully saturated rings. The molecule has 0 heterocycles. The highest BCUT2D eigenvalue weighted by molar-refractivity contribution is 7.93. The standard InChI is InChI=1S/C12H17Cl3N2O2S/c1-7(2)16-6-8(3)20(18,19)17-12-5-10(14)9(13)4-11(12)15/h4-5,7-8,16-17H,6H2,1-3H3. The predicted octanol–water partition coefficient (Wildman–Crippen LogP) is 3.78. The number of halogens is 3. The first-order chi connectivity index (χ1) is 9.13. The molecular weight excluding hydrogens is 343 g/mol. The SMILES string of the molecule is CC(C)NCC(C)S(=O)(=O)Nc1cc(Cl)c(Cl)cc1Cl. The highest BCUT2D eigenvalue weighted by Crippen LogP contribution is 2.33. The lowest BCUT2D eigenvalue weighted by Gasteiger charge is -2.18. The highest BCUT2D eigenvalue weighted by Gasteiger charge is 2.22. The lowest BCUT2D eigenvalue weighted by atomic mass is 10.3. The van der Waals surface area contributed by atoms with Crippen LogP contribution in [0.3, 0.4) is 0 Å². The van der Waals surface area contributed by atoms with Crippen LogP contribution in [0.15, 0.2) is 12.1 Å². The minimum Gasteiger partial charge on any atom is -0.313 e. The zero-order valence-corrected chi connectivity index (χ0v) is 14.5. The Morgan fingerprint density at radius 2 is 1.60 bits per heavy atom. The van der Waals surface area contributed by atoms with Gasteiger partial charge in [0.25, 0.3) is 0 Å². The first-order valence-corrected chi connectivity index (χ1v) is 8.71. The third-order valence-corrected chi connectivity index (χ3v) is 5.37. The van der Waals surface area contributed by atoms with E-state index in [4.69, 9.17) is 34.8 Å². The van der Waals surface area contributed by atoms with Crippen molar-refractivity contribution in [3.8, 4) is 0 Å². The lowest BCUT2D eigenvalue weighted by molar-refractivity contribution is 0.553. The van der Waals surface area contributed by atoms with Gasteiger partial charge in [0.15, 0.2) is 0 Å². The summed E-state index contributed by atoms with van der Waals surface area (Å²) in [6.07, 6.45) is 0. The summed E-state index contributed by atoms with van der Waals surface area (Å²) in [4.78, 5) is 0. The van der Waals surface area contributed by atoms with Gasteiger partial charge in [-0.15, -0.1) is 0 Å². The summed E-state index contributed by atoms with van der Waals surface area (Å²) < 4.78 is 26.8. The zero-order valence-electron chi connectivity index (χ0n) is 11.4. The van der Waals surface area contributed by atoms with Crippen LogP contribution < -0.4 is 10.0 Å². The minimum absolute atomic E-state index is 0.201. The second-order valence-corrected chi connectivity index (χ2v) is 8.09. The summed E-state index contributed by atoms with van der Waals surface area (Å²) in [5.74, 6) is 0. The summed E-state index contributed by atoms with van der Waals surface area (Å²) in [5, 5.41) is 3.17. The van der Waals surface area contributed by atoms with E-state index in [1.807, 2.05) is 13.8 Å². The fraction of sp³-hybridized carbons (Fsp3) is 0.500. The molecule has 20 heavy (non-hydrogen) atoms. The van der Waals surface area contributed by atoms with E-state index in [-0.39, 0.29) is 26.8 Å². The Kier molecular flexibility index (Phi) is 6.41. The van der Waals surface area contributed by atoms with E-state index in [0.717, 1.165) is 0 Å². The first kappa shape index (κ1) is 17.9. The van der Waals surface area contributed by atoms with Gasteiger partial charge in [0.1, 0.15) is 0 Å². The molecule has 0 aromatic heterocycles. The second kappa shape index (κ2) is 7.18. The molecule has 1 unspecified atom stereocenters.